The zero-order valence-corrected chi connectivity index (χ0v) is 11.7. The van der Waals surface area contributed by atoms with Crippen LogP contribution in [-0.2, 0) is 6.42 Å². The standard InChI is InChI=1S/C16H17FN2O2/c1-19(10-9-12-3-2-4-15(20)11-12)16(21)18-14-7-5-13(17)6-8-14/h2-8,11,20H,9-10H2,1H3,(H,18,21). The highest BCUT2D eigenvalue weighted by molar-refractivity contribution is 5.89. The Morgan fingerprint density at radius 3 is 2.62 bits per heavy atom. The summed E-state index contributed by atoms with van der Waals surface area (Å²) in [6.07, 6.45) is 0.641. The molecule has 0 aliphatic rings. The predicted molar refractivity (Wildman–Crippen MR) is 79.9 cm³/mol. The first-order valence-electron chi connectivity index (χ1n) is 6.60. The number of nitrogens with zero attached hydrogens (tertiary/aromatic N) is 1. The summed E-state index contributed by atoms with van der Waals surface area (Å²) in [7, 11) is 1.68. The third kappa shape index (κ3) is 4.49. The van der Waals surface area contributed by atoms with Crippen LogP contribution in [0.15, 0.2) is 48.5 Å². The van der Waals surface area contributed by atoms with Gasteiger partial charge in [-0.25, -0.2) is 9.18 Å². The summed E-state index contributed by atoms with van der Waals surface area (Å²) in [5.41, 5.74) is 1.50. The van der Waals surface area contributed by atoms with Crippen LogP contribution in [0, 0.1) is 5.82 Å². The minimum atomic E-state index is -0.342. The number of urea groups is 1. The Balaban J connectivity index is 1.86. The fourth-order valence-electron chi connectivity index (χ4n) is 1.86. The van der Waals surface area contributed by atoms with E-state index in [0.29, 0.717) is 18.7 Å². The molecule has 0 radical (unpaired) electrons. The van der Waals surface area contributed by atoms with Crippen molar-refractivity contribution in [2.75, 3.05) is 18.9 Å². The molecule has 0 spiro atoms. The lowest BCUT2D eigenvalue weighted by molar-refractivity contribution is 0.223. The van der Waals surface area contributed by atoms with E-state index < -0.39 is 0 Å². The number of benzene rings is 2. The van der Waals surface area contributed by atoms with Crippen LogP contribution in [0.5, 0.6) is 5.75 Å². The van der Waals surface area contributed by atoms with Gasteiger partial charge in [0.15, 0.2) is 0 Å². The summed E-state index contributed by atoms with van der Waals surface area (Å²) in [4.78, 5) is 13.5. The predicted octanol–water partition coefficient (Wildman–Crippen LogP) is 3.24. The molecule has 2 aromatic carbocycles. The number of carbonyl (C=O) groups excluding carboxylic acids is 1. The second-order valence-electron chi connectivity index (χ2n) is 4.78. The molecule has 4 nitrogen and oxygen atoms in total. The van der Waals surface area contributed by atoms with Crippen LogP contribution in [0.4, 0.5) is 14.9 Å². The number of hydrogen-bond acceptors (Lipinski definition) is 2. The number of phenols is 1. The van der Waals surface area contributed by atoms with Crippen molar-refractivity contribution < 1.29 is 14.3 Å². The number of amides is 2. The van der Waals surface area contributed by atoms with Gasteiger partial charge in [0.1, 0.15) is 11.6 Å². The van der Waals surface area contributed by atoms with E-state index in [1.165, 1.54) is 29.2 Å². The highest BCUT2D eigenvalue weighted by Gasteiger charge is 2.09. The largest absolute Gasteiger partial charge is 0.508 e. The maximum absolute atomic E-state index is 12.8. The van der Waals surface area contributed by atoms with Gasteiger partial charge in [-0.3, -0.25) is 0 Å². The third-order valence-electron chi connectivity index (χ3n) is 3.09. The van der Waals surface area contributed by atoms with Crippen molar-refractivity contribution in [3.05, 3.63) is 59.9 Å². The molecule has 0 aliphatic heterocycles. The highest BCUT2D eigenvalue weighted by atomic mass is 19.1. The first-order chi connectivity index (χ1) is 10.0. The summed E-state index contributed by atoms with van der Waals surface area (Å²) < 4.78 is 12.8. The van der Waals surface area contributed by atoms with Gasteiger partial charge in [0, 0.05) is 19.3 Å². The summed E-state index contributed by atoms with van der Waals surface area (Å²) in [5.74, 6) is -0.129. The van der Waals surface area contributed by atoms with E-state index >= 15 is 0 Å². The molecule has 0 aliphatic carbocycles. The van der Waals surface area contributed by atoms with Crippen LogP contribution < -0.4 is 5.32 Å². The van der Waals surface area contributed by atoms with Gasteiger partial charge in [0.05, 0.1) is 0 Å². The van der Waals surface area contributed by atoms with E-state index in [1.54, 1.807) is 25.2 Å². The summed E-state index contributed by atoms with van der Waals surface area (Å²) in [6, 6.07) is 12.3. The molecule has 0 saturated carbocycles. The third-order valence-corrected chi connectivity index (χ3v) is 3.09. The summed E-state index contributed by atoms with van der Waals surface area (Å²) in [6.45, 7) is 0.510. The number of likely N-dealkylation sites (N-methyl/N-ethyl adjacent to an activating group) is 1. The van der Waals surface area contributed by atoms with Crippen molar-refractivity contribution in [1.82, 2.24) is 4.90 Å². The number of nitrogens with one attached hydrogen (secondary N) is 1. The number of carbonyl (C=O) groups is 1. The molecule has 2 rings (SSSR count). The number of rotatable bonds is 4. The number of aromatic hydroxyl groups is 1. The zero-order chi connectivity index (χ0) is 15.2. The van der Waals surface area contributed by atoms with Crippen LogP contribution in [0.2, 0.25) is 0 Å². The lowest BCUT2D eigenvalue weighted by Gasteiger charge is -2.18. The second-order valence-corrected chi connectivity index (χ2v) is 4.78. The van der Waals surface area contributed by atoms with Gasteiger partial charge in [-0.15, -0.1) is 0 Å². The van der Waals surface area contributed by atoms with Crippen LogP contribution in [0.1, 0.15) is 5.56 Å². The molecule has 0 bridgehead atoms. The van der Waals surface area contributed by atoms with Crippen molar-refractivity contribution in [1.29, 1.82) is 0 Å². The molecule has 0 heterocycles. The Labute approximate surface area is 122 Å². The SMILES string of the molecule is CN(CCc1cccc(O)c1)C(=O)Nc1ccc(F)cc1. The molecule has 110 valence electrons. The topological polar surface area (TPSA) is 52.6 Å². The molecule has 0 aromatic heterocycles. The van der Waals surface area contributed by atoms with Crippen LogP contribution >= 0.6 is 0 Å². The number of phenolic OH excluding ortho intramolecular Hbond substituents is 1. The Morgan fingerprint density at radius 1 is 1.24 bits per heavy atom. The first kappa shape index (κ1) is 14.8. The lowest BCUT2D eigenvalue weighted by atomic mass is 10.1. The Bertz CT molecular complexity index is 614. The quantitative estimate of drug-likeness (QED) is 0.907. The normalized spacial score (nSPS) is 10.2. The maximum Gasteiger partial charge on any atom is 0.321 e. The second kappa shape index (κ2) is 6.74. The van der Waals surface area contributed by atoms with E-state index in [0.717, 1.165) is 5.56 Å². The van der Waals surface area contributed by atoms with E-state index in [9.17, 15) is 14.3 Å². The van der Waals surface area contributed by atoms with Crippen LogP contribution in [0.3, 0.4) is 0 Å². The monoisotopic (exact) mass is 288 g/mol. The maximum atomic E-state index is 12.8. The number of hydrogen-bond donors (Lipinski definition) is 2. The summed E-state index contributed by atoms with van der Waals surface area (Å²) >= 11 is 0. The molecule has 0 saturated heterocycles. The van der Waals surface area contributed by atoms with Gasteiger partial charge in [-0.2, -0.15) is 0 Å². The van der Waals surface area contributed by atoms with Crippen molar-refractivity contribution in [3.63, 3.8) is 0 Å². The van der Waals surface area contributed by atoms with Crippen molar-refractivity contribution >= 4 is 11.7 Å². The molecule has 0 unspecified atom stereocenters. The fraction of sp³-hybridized carbons (Fsp3) is 0.188. The Morgan fingerprint density at radius 2 is 1.95 bits per heavy atom. The molecule has 2 aromatic rings. The van der Waals surface area contributed by atoms with Crippen LogP contribution in [0.25, 0.3) is 0 Å². The zero-order valence-electron chi connectivity index (χ0n) is 11.7. The van der Waals surface area contributed by atoms with Crippen molar-refractivity contribution in [3.8, 4) is 5.75 Å². The van der Waals surface area contributed by atoms with E-state index in [-0.39, 0.29) is 17.6 Å². The van der Waals surface area contributed by atoms with Gasteiger partial charge in [0.2, 0.25) is 0 Å². The molecule has 21 heavy (non-hydrogen) atoms. The van der Waals surface area contributed by atoms with Gasteiger partial charge in [-0.1, -0.05) is 12.1 Å². The summed E-state index contributed by atoms with van der Waals surface area (Å²) in [5, 5.41) is 12.1. The average Bonchev–Trinajstić information content (AvgIpc) is 2.47. The molecule has 2 N–H and O–H groups in total. The van der Waals surface area contributed by atoms with Gasteiger partial charge in [0.25, 0.3) is 0 Å². The molecular formula is C16H17FN2O2. The van der Waals surface area contributed by atoms with Crippen molar-refractivity contribution in [2.24, 2.45) is 0 Å². The van der Waals surface area contributed by atoms with E-state index in [4.69, 9.17) is 0 Å². The average molecular weight is 288 g/mol. The number of anilines is 1. The Kier molecular flexibility index (Phi) is 4.77. The highest BCUT2D eigenvalue weighted by Crippen LogP contribution is 2.12. The Hall–Kier alpha value is -2.56. The van der Waals surface area contributed by atoms with E-state index in [2.05, 4.69) is 5.32 Å². The molecule has 5 heteroatoms. The molecule has 0 atom stereocenters. The molecular weight excluding hydrogens is 271 g/mol. The minimum absolute atomic E-state index is 0.214. The van der Waals surface area contributed by atoms with Crippen molar-refractivity contribution in [2.45, 2.75) is 6.42 Å². The van der Waals surface area contributed by atoms with Crippen LogP contribution in [-0.4, -0.2) is 29.6 Å². The first-order valence-corrected chi connectivity index (χ1v) is 6.60. The lowest BCUT2D eigenvalue weighted by Crippen LogP contribution is -2.32. The smallest absolute Gasteiger partial charge is 0.321 e. The molecule has 0 fully saturated rings. The van der Waals surface area contributed by atoms with Gasteiger partial charge >= 0.3 is 6.03 Å². The fourth-order valence-corrected chi connectivity index (χ4v) is 1.86. The van der Waals surface area contributed by atoms with Gasteiger partial charge < -0.3 is 15.3 Å². The van der Waals surface area contributed by atoms with Gasteiger partial charge in [-0.05, 0) is 48.4 Å². The minimum Gasteiger partial charge on any atom is -0.508 e. The van der Waals surface area contributed by atoms with E-state index in [1.807, 2.05) is 6.07 Å². The molecule has 2 amide bonds. The number of halogens is 1.